The molecule has 6 atom stereocenters. The van der Waals surface area contributed by atoms with Crippen LogP contribution in [0.3, 0.4) is 0 Å². The van der Waals surface area contributed by atoms with Crippen LogP contribution in [0.2, 0.25) is 5.02 Å². The highest BCUT2D eigenvalue weighted by Crippen LogP contribution is 2.65. The van der Waals surface area contributed by atoms with Gasteiger partial charge in [-0.25, -0.2) is 4.90 Å². The summed E-state index contributed by atoms with van der Waals surface area (Å²) in [5.41, 5.74) is -1.07. The molecule has 0 aromatic heterocycles. The minimum atomic E-state index is -5.08. The summed E-state index contributed by atoms with van der Waals surface area (Å²) in [5.74, 6) is -9.63. The fourth-order valence-electron chi connectivity index (χ4n) is 8.03. The molecule has 2 heterocycles. The number of alkyl halides is 3. The maximum absolute atomic E-state index is 15.0. The molecular weight excluding hydrogens is 629 g/mol. The Bertz CT molecular complexity index is 1850. The van der Waals surface area contributed by atoms with Gasteiger partial charge < -0.3 is 9.84 Å². The van der Waals surface area contributed by atoms with E-state index in [0.717, 1.165) is 23.1 Å². The monoisotopic (exact) mass is 652 g/mol. The summed E-state index contributed by atoms with van der Waals surface area (Å²) in [6.45, 7) is 0. The number of ether oxygens (including phenoxy) is 1. The number of anilines is 1. The van der Waals surface area contributed by atoms with Crippen molar-refractivity contribution in [2.75, 3.05) is 4.90 Å². The molecule has 3 aromatic carbocycles. The molecular formula is C33H24ClF3N2O7. The molecule has 1 saturated carbocycles. The smallest absolute Gasteiger partial charge is 0.508 e. The fourth-order valence-corrected chi connectivity index (χ4v) is 8.22. The first kappa shape index (κ1) is 30.0. The van der Waals surface area contributed by atoms with Gasteiger partial charge in [0, 0.05) is 16.5 Å². The zero-order valence-electron chi connectivity index (χ0n) is 23.6. The van der Waals surface area contributed by atoms with Gasteiger partial charge in [0.05, 0.1) is 28.9 Å². The summed E-state index contributed by atoms with van der Waals surface area (Å²) in [5, 5.41) is 21.9. The lowest BCUT2D eigenvalue weighted by molar-refractivity contribution is -0.274. The molecule has 46 heavy (non-hydrogen) atoms. The number of phenols is 1. The van der Waals surface area contributed by atoms with Gasteiger partial charge >= 0.3 is 6.36 Å². The number of amides is 4. The lowest BCUT2D eigenvalue weighted by atomic mass is 9.49. The number of carbonyl (C=O) groups excluding carboxylic acids is 4. The second-order valence-electron chi connectivity index (χ2n) is 11.9. The van der Waals surface area contributed by atoms with E-state index in [9.17, 15) is 37.9 Å². The summed E-state index contributed by atoms with van der Waals surface area (Å²) in [4.78, 5) is 56.7. The number of phenolic OH excluding ortho intramolecular Hbond substituents is 1. The number of hydrogen-bond acceptors (Lipinski definition) is 7. The van der Waals surface area contributed by atoms with Gasteiger partial charge in [0.15, 0.2) is 0 Å². The van der Waals surface area contributed by atoms with Crippen molar-refractivity contribution in [2.45, 2.75) is 30.5 Å². The molecule has 4 aliphatic rings. The van der Waals surface area contributed by atoms with E-state index in [-0.39, 0.29) is 34.2 Å². The normalized spacial score (nSPS) is 29.0. The molecule has 3 fully saturated rings. The summed E-state index contributed by atoms with van der Waals surface area (Å²) >= 11 is 6.25. The van der Waals surface area contributed by atoms with E-state index in [1.54, 1.807) is 48.5 Å². The van der Waals surface area contributed by atoms with Gasteiger partial charge in [-0.2, -0.15) is 5.06 Å². The van der Waals surface area contributed by atoms with Crippen LogP contribution in [-0.2, 0) is 24.6 Å². The van der Waals surface area contributed by atoms with Gasteiger partial charge in [-0.3, -0.25) is 24.4 Å². The number of benzene rings is 3. The molecule has 0 unspecified atom stereocenters. The number of aromatic hydroxyl groups is 1. The predicted molar refractivity (Wildman–Crippen MR) is 155 cm³/mol. The molecule has 3 aromatic rings. The van der Waals surface area contributed by atoms with Crippen LogP contribution in [0.5, 0.6) is 11.5 Å². The molecule has 236 valence electrons. The van der Waals surface area contributed by atoms with E-state index < -0.39 is 76.5 Å². The summed E-state index contributed by atoms with van der Waals surface area (Å²) in [7, 11) is 0. The highest BCUT2D eigenvalue weighted by Gasteiger charge is 2.70. The third kappa shape index (κ3) is 4.27. The third-order valence-corrected chi connectivity index (χ3v) is 9.92. The first-order valence-corrected chi connectivity index (χ1v) is 14.8. The Morgan fingerprint density at radius 1 is 0.891 bits per heavy atom. The maximum atomic E-state index is 15.0. The molecule has 13 heteroatoms. The van der Waals surface area contributed by atoms with Gasteiger partial charge in [-0.15, -0.1) is 13.2 Å². The van der Waals surface area contributed by atoms with Crippen molar-refractivity contribution in [3.8, 4) is 11.5 Å². The molecule has 2 N–H and O–H groups in total. The van der Waals surface area contributed by atoms with Gasteiger partial charge in [-0.1, -0.05) is 59.6 Å². The van der Waals surface area contributed by atoms with E-state index in [1.807, 2.05) is 0 Å². The molecule has 0 bridgehead atoms. The van der Waals surface area contributed by atoms with Crippen LogP contribution in [-0.4, -0.2) is 45.4 Å². The number of carbonyl (C=O) groups is 4. The van der Waals surface area contributed by atoms with Crippen LogP contribution in [0.25, 0.3) is 0 Å². The number of allylic oxidation sites excluding steroid dienone is 2. The van der Waals surface area contributed by atoms with Crippen molar-refractivity contribution in [2.24, 2.45) is 23.7 Å². The average Bonchev–Trinajstić information content (AvgIpc) is 3.38. The predicted octanol–water partition coefficient (Wildman–Crippen LogP) is 5.50. The molecule has 4 amide bonds. The molecule has 2 aliphatic carbocycles. The SMILES string of the molecule is O=C1[C@H]2[C@H](CC=C3[C@H]2C[C@H]2C(=O)N(c4cccc(Cl)c4)C(=O)[C@@]2(c2ccccc2)[C@H]3c2cc(OC(F)(F)F)ccc2O)C(=O)N1O. The standard InChI is InChI=1S/C33H24ClF3N2O7/c34-17-7-4-8-18(13-17)38-29(42)24-15-22-20(10-11-21-26(22)30(43)39(45)28(21)41)27(32(24,31(38)44)16-5-2-1-3-6-16)23-14-19(9-12-25(23)40)46-33(35,36)37/h1-10,12-14,21-22,24,26-27,40,45H,11,15H2/t21-,22+,24-,26-,27+,32+/m0/s1. The highest BCUT2D eigenvalue weighted by atomic mass is 35.5. The number of rotatable bonds is 4. The number of nitrogens with zero attached hydrogens (tertiary/aromatic N) is 2. The van der Waals surface area contributed by atoms with E-state index >= 15 is 4.79 Å². The van der Waals surface area contributed by atoms with Crippen molar-refractivity contribution in [1.82, 2.24) is 5.06 Å². The Kier molecular flexibility index (Phi) is 6.80. The van der Waals surface area contributed by atoms with Crippen LogP contribution < -0.4 is 9.64 Å². The summed E-state index contributed by atoms with van der Waals surface area (Å²) in [6, 6.07) is 17.3. The Balaban J connectivity index is 1.53. The number of fused-ring (bicyclic) bond motifs is 4. The van der Waals surface area contributed by atoms with Crippen molar-refractivity contribution in [1.29, 1.82) is 0 Å². The van der Waals surface area contributed by atoms with Crippen LogP contribution >= 0.6 is 11.6 Å². The van der Waals surface area contributed by atoms with Gasteiger partial charge in [-0.05, 0) is 60.7 Å². The molecule has 2 aliphatic heterocycles. The number of halogens is 4. The Morgan fingerprint density at radius 3 is 2.33 bits per heavy atom. The van der Waals surface area contributed by atoms with Crippen LogP contribution in [0.4, 0.5) is 18.9 Å². The molecule has 7 rings (SSSR count). The van der Waals surface area contributed by atoms with Crippen molar-refractivity contribution >= 4 is 40.9 Å². The minimum Gasteiger partial charge on any atom is -0.508 e. The third-order valence-electron chi connectivity index (χ3n) is 9.69. The lowest BCUT2D eigenvalue weighted by Gasteiger charge is -2.50. The summed E-state index contributed by atoms with van der Waals surface area (Å²) in [6.07, 6.45) is -3.57. The second kappa shape index (κ2) is 10.4. The van der Waals surface area contributed by atoms with E-state index in [4.69, 9.17) is 11.6 Å². The van der Waals surface area contributed by atoms with Crippen LogP contribution in [0, 0.1) is 23.7 Å². The van der Waals surface area contributed by atoms with Gasteiger partial charge in [0.25, 0.3) is 11.8 Å². The molecule has 0 spiro atoms. The minimum absolute atomic E-state index is 0.0240. The Morgan fingerprint density at radius 2 is 1.63 bits per heavy atom. The van der Waals surface area contributed by atoms with E-state index in [1.165, 1.54) is 12.1 Å². The quantitative estimate of drug-likeness (QED) is 0.217. The number of hydroxylamine groups is 2. The Hall–Kier alpha value is -4.68. The van der Waals surface area contributed by atoms with E-state index in [0.29, 0.717) is 11.1 Å². The van der Waals surface area contributed by atoms with Crippen LogP contribution in [0.15, 0.2) is 84.4 Å². The molecule has 9 nitrogen and oxygen atoms in total. The number of imide groups is 2. The highest BCUT2D eigenvalue weighted by molar-refractivity contribution is 6.32. The van der Waals surface area contributed by atoms with Crippen LogP contribution in [0.1, 0.15) is 29.9 Å². The Labute approximate surface area is 264 Å². The molecule has 2 saturated heterocycles. The zero-order chi connectivity index (χ0) is 32.7. The van der Waals surface area contributed by atoms with Gasteiger partial charge in [0.2, 0.25) is 11.8 Å². The second-order valence-corrected chi connectivity index (χ2v) is 12.3. The molecule has 0 radical (unpaired) electrons. The van der Waals surface area contributed by atoms with Crippen molar-refractivity contribution in [3.63, 3.8) is 0 Å². The lowest BCUT2D eigenvalue weighted by Crippen LogP contribution is -2.53. The first-order valence-electron chi connectivity index (χ1n) is 14.4. The van der Waals surface area contributed by atoms with Crippen molar-refractivity contribution < 1.29 is 47.4 Å². The summed E-state index contributed by atoms with van der Waals surface area (Å²) < 4.78 is 44.3. The maximum Gasteiger partial charge on any atom is 0.573 e. The average molecular weight is 653 g/mol. The van der Waals surface area contributed by atoms with Gasteiger partial charge in [0.1, 0.15) is 11.5 Å². The first-order chi connectivity index (χ1) is 21.8. The number of hydrogen-bond donors (Lipinski definition) is 2. The van der Waals surface area contributed by atoms with E-state index in [2.05, 4.69) is 4.74 Å². The fraction of sp³-hybridized carbons (Fsp3) is 0.273. The largest absolute Gasteiger partial charge is 0.573 e. The van der Waals surface area contributed by atoms with Crippen molar-refractivity contribution in [3.05, 3.63) is 101 Å². The topological polar surface area (TPSA) is 124 Å². The zero-order valence-corrected chi connectivity index (χ0v) is 24.4.